The standard InChI is InChI=1S/C36H66N4O6S2/c1-29-31(39-35(43)37-29)21-13-11-15-23-33(41)45-25-17-7-3-5-9-19-27-47-48-28-20-10-6-4-8-18-26-46-34(42)24-16-12-14-22-32-30(2)38-36(44)40-32/h29-32H,3-28H2,1-2H3,(H2,37,39,43)(H2,38,40,44). The minimum Gasteiger partial charge on any atom is -0.466 e. The van der Waals surface area contributed by atoms with Crippen LogP contribution in [-0.4, -0.2) is 72.9 Å². The molecule has 4 unspecified atom stereocenters. The maximum absolute atomic E-state index is 11.9. The molecular formula is C36H66N4O6S2. The average molecular weight is 715 g/mol. The third-order valence-corrected chi connectivity index (χ3v) is 11.8. The van der Waals surface area contributed by atoms with E-state index in [0.717, 1.165) is 77.0 Å². The Morgan fingerprint density at radius 1 is 0.500 bits per heavy atom. The van der Waals surface area contributed by atoms with Crippen LogP contribution in [0.1, 0.15) is 155 Å². The Kier molecular flexibility index (Phi) is 24.7. The van der Waals surface area contributed by atoms with E-state index in [4.69, 9.17) is 9.47 Å². The van der Waals surface area contributed by atoms with E-state index < -0.39 is 0 Å². The van der Waals surface area contributed by atoms with Gasteiger partial charge in [0.25, 0.3) is 0 Å². The fourth-order valence-corrected chi connectivity index (χ4v) is 8.42. The van der Waals surface area contributed by atoms with Crippen molar-refractivity contribution in [1.82, 2.24) is 21.3 Å². The third kappa shape index (κ3) is 22.0. The molecule has 4 N–H and O–H groups in total. The number of unbranched alkanes of at least 4 members (excludes halogenated alkanes) is 14. The Morgan fingerprint density at radius 3 is 1.23 bits per heavy atom. The molecule has 4 amide bonds. The fraction of sp³-hybridized carbons (Fsp3) is 0.889. The molecule has 0 bridgehead atoms. The van der Waals surface area contributed by atoms with E-state index in [1.165, 1.54) is 62.9 Å². The SMILES string of the molecule is CC1NC(=O)NC1CCCCCC(=O)OCCCCCCCCSSCCCCCCCCOC(=O)CCCCCC1NC(=O)NC1C. The van der Waals surface area contributed by atoms with E-state index >= 15 is 0 Å². The van der Waals surface area contributed by atoms with Gasteiger partial charge in [-0.25, -0.2) is 9.59 Å². The third-order valence-electron chi connectivity index (χ3n) is 9.20. The number of rotatable bonds is 31. The fourth-order valence-electron chi connectivity index (χ4n) is 6.12. The number of ether oxygens (including phenoxy) is 2. The van der Waals surface area contributed by atoms with Gasteiger partial charge in [-0.15, -0.1) is 0 Å². The van der Waals surface area contributed by atoms with Crippen LogP contribution in [0.3, 0.4) is 0 Å². The number of esters is 2. The molecule has 2 rings (SSSR count). The summed E-state index contributed by atoms with van der Waals surface area (Å²) in [6.07, 6.45) is 22.8. The van der Waals surface area contributed by atoms with Crippen LogP contribution >= 0.6 is 21.6 Å². The number of amides is 4. The highest BCUT2D eigenvalue weighted by atomic mass is 33.1. The van der Waals surface area contributed by atoms with E-state index in [9.17, 15) is 19.2 Å². The van der Waals surface area contributed by atoms with E-state index in [0.29, 0.717) is 26.1 Å². The van der Waals surface area contributed by atoms with Gasteiger partial charge < -0.3 is 30.7 Å². The molecule has 2 aliphatic heterocycles. The first-order valence-corrected chi connectivity index (χ1v) is 21.5. The molecule has 0 radical (unpaired) electrons. The number of carbonyl (C=O) groups excluding carboxylic acids is 4. The number of hydrogen-bond donors (Lipinski definition) is 4. The molecule has 2 saturated heterocycles. The maximum Gasteiger partial charge on any atom is 0.315 e. The second-order valence-electron chi connectivity index (χ2n) is 13.6. The van der Waals surface area contributed by atoms with Crippen molar-refractivity contribution in [1.29, 1.82) is 0 Å². The lowest BCUT2D eigenvalue weighted by molar-refractivity contribution is -0.144. The highest BCUT2D eigenvalue weighted by Crippen LogP contribution is 2.25. The molecule has 2 heterocycles. The lowest BCUT2D eigenvalue weighted by atomic mass is 10.0. The van der Waals surface area contributed by atoms with Gasteiger partial charge in [0.2, 0.25) is 0 Å². The number of hydrogen-bond acceptors (Lipinski definition) is 8. The number of urea groups is 2. The van der Waals surface area contributed by atoms with Gasteiger partial charge in [0.1, 0.15) is 0 Å². The normalized spacial score (nSPS) is 20.2. The van der Waals surface area contributed by atoms with Crippen LogP contribution in [-0.2, 0) is 19.1 Å². The van der Waals surface area contributed by atoms with E-state index in [1.807, 2.05) is 35.4 Å². The van der Waals surface area contributed by atoms with Crippen molar-refractivity contribution < 1.29 is 28.7 Å². The lowest BCUT2D eigenvalue weighted by Crippen LogP contribution is -2.30. The van der Waals surface area contributed by atoms with Crippen molar-refractivity contribution >= 4 is 45.6 Å². The highest BCUT2D eigenvalue weighted by Gasteiger charge is 2.27. The van der Waals surface area contributed by atoms with Crippen LogP contribution in [0, 0.1) is 0 Å². The first-order chi connectivity index (χ1) is 23.3. The molecule has 0 aromatic carbocycles. The highest BCUT2D eigenvalue weighted by molar-refractivity contribution is 8.76. The van der Waals surface area contributed by atoms with Gasteiger partial charge in [0.15, 0.2) is 0 Å². The zero-order valence-corrected chi connectivity index (χ0v) is 31.6. The van der Waals surface area contributed by atoms with Crippen LogP contribution in [0.5, 0.6) is 0 Å². The monoisotopic (exact) mass is 714 g/mol. The first-order valence-electron chi connectivity index (χ1n) is 19.0. The molecule has 12 heteroatoms. The molecule has 0 saturated carbocycles. The van der Waals surface area contributed by atoms with Gasteiger partial charge >= 0.3 is 24.0 Å². The van der Waals surface area contributed by atoms with Crippen LogP contribution in [0.25, 0.3) is 0 Å². The smallest absolute Gasteiger partial charge is 0.315 e. The molecule has 2 fully saturated rings. The predicted molar refractivity (Wildman–Crippen MR) is 198 cm³/mol. The Labute approximate surface area is 298 Å². The minimum absolute atomic E-state index is 0.0772. The number of carbonyl (C=O) groups is 4. The van der Waals surface area contributed by atoms with Gasteiger partial charge in [0, 0.05) is 36.4 Å². The molecule has 0 aromatic rings. The molecule has 48 heavy (non-hydrogen) atoms. The molecule has 10 nitrogen and oxygen atoms in total. The second kappa shape index (κ2) is 27.9. The zero-order chi connectivity index (χ0) is 34.7. The van der Waals surface area contributed by atoms with Crippen molar-refractivity contribution in [2.75, 3.05) is 24.7 Å². The summed E-state index contributed by atoms with van der Waals surface area (Å²) in [5.41, 5.74) is 0. The van der Waals surface area contributed by atoms with Crippen LogP contribution in [0.2, 0.25) is 0 Å². The number of nitrogens with one attached hydrogen (secondary N) is 4. The van der Waals surface area contributed by atoms with Crippen LogP contribution in [0.15, 0.2) is 0 Å². The Morgan fingerprint density at radius 2 is 0.854 bits per heavy atom. The van der Waals surface area contributed by atoms with Crippen molar-refractivity contribution in [2.45, 2.75) is 179 Å². The Hall–Kier alpha value is -1.82. The Balaban J connectivity index is 1.19. The molecule has 0 aliphatic carbocycles. The second-order valence-corrected chi connectivity index (χ2v) is 16.3. The van der Waals surface area contributed by atoms with Gasteiger partial charge in [-0.1, -0.05) is 98.6 Å². The molecule has 2 aliphatic rings. The predicted octanol–water partition coefficient (Wildman–Crippen LogP) is 8.18. The Bertz CT molecular complexity index is 829. The largest absolute Gasteiger partial charge is 0.466 e. The quantitative estimate of drug-likeness (QED) is 0.0321. The zero-order valence-electron chi connectivity index (χ0n) is 30.0. The summed E-state index contributed by atoms with van der Waals surface area (Å²) in [4.78, 5) is 46.4. The molecule has 0 aromatic heterocycles. The first kappa shape index (κ1) is 42.3. The summed E-state index contributed by atoms with van der Waals surface area (Å²) in [7, 11) is 4.02. The lowest BCUT2D eigenvalue weighted by Gasteiger charge is -2.13. The van der Waals surface area contributed by atoms with Crippen LogP contribution < -0.4 is 21.3 Å². The van der Waals surface area contributed by atoms with E-state index in [1.54, 1.807) is 0 Å². The topological polar surface area (TPSA) is 135 Å². The van der Waals surface area contributed by atoms with Crippen molar-refractivity contribution in [3.8, 4) is 0 Å². The van der Waals surface area contributed by atoms with Crippen molar-refractivity contribution in [3.05, 3.63) is 0 Å². The summed E-state index contributed by atoms with van der Waals surface area (Å²) < 4.78 is 10.8. The van der Waals surface area contributed by atoms with E-state index in [2.05, 4.69) is 21.3 Å². The molecular weight excluding hydrogens is 649 g/mol. The summed E-state index contributed by atoms with van der Waals surface area (Å²) in [6, 6.07) is 0.608. The summed E-state index contributed by atoms with van der Waals surface area (Å²) >= 11 is 0. The molecule has 4 atom stereocenters. The molecule has 0 spiro atoms. The molecule has 278 valence electrons. The minimum atomic E-state index is -0.0791. The van der Waals surface area contributed by atoms with Gasteiger partial charge in [-0.2, -0.15) is 0 Å². The summed E-state index contributed by atoms with van der Waals surface area (Å²) in [6.45, 7) is 5.12. The van der Waals surface area contributed by atoms with Crippen molar-refractivity contribution in [2.24, 2.45) is 0 Å². The van der Waals surface area contributed by atoms with Crippen LogP contribution in [0.4, 0.5) is 9.59 Å². The van der Waals surface area contributed by atoms with Gasteiger partial charge in [0.05, 0.1) is 25.3 Å². The van der Waals surface area contributed by atoms with Gasteiger partial charge in [-0.3, -0.25) is 9.59 Å². The maximum atomic E-state index is 11.9. The summed E-state index contributed by atoms with van der Waals surface area (Å²) in [5.74, 6) is 2.29. The van der Waals surface area contributed by atoms with Gasteiger partial charge in [-0.05, 0) is 65.2 Å². The summed E-state index contributed by atoms with van der Waals surface area (Å²) in [5, 5.41) is 11.6. The van der Waals surface area contributed by atoms with Crippen molar-refractivity contribution in [3.63, 3.8) is 0 Å². The average Bonchev–Trinajstić information content (AvgIpc) is 3.56. The van der Waals surface area contributed by atoms with E-state index in [-0.39, 0.29) is 48.2 Å².